The number of hydrogen-bond acceptors (Lipinski definition) is 3. The zero-order valence-corrected chi connectivity index (χ0v) is 10.7. The van der Waals surface area contributed by atoms with Crippen molar-refractivity contribution in [1.82, 2.24) is 4.90 Å². The number of ketones is 2. The number of likely N-dealkylation sites (tertiary alicyclic amines) is 1. The lowest BCUT2D eigenvalue weighted by atomic mass is 9.90. The third-order valence-electron chi connectivity index (χ3n) is 3.42. The molecular formula is C14H14FNO4. The molecule has 1 aliphatic heterocycles. The van der Waals surface area contributed by atoms with E-state index >= 15 is 0 Å². The third-order valence-corrected chi connectivity index (χ3v) is 3.42. The van der Waals surface area contributed by atoms with Crippen molar-refractivity contribution in [3.8, 4) is 0 Å². The van der Waals surface area contributed by atoms with Crippen LogP contribution in [0.2, 0.25) is 0 Å². The predicted molar refractivity (Wildman–Crippen MR) is 68.1 cm³/mol. The lowest BCUT2D eigenvalue weighted by Gasteiger charge is -2.15. The van der Waals surface area contributed by atoms with Gasteiger partial charge in [0.15, 0.2) is 5.78 Å². The fourth-order valence-corrected chi connectivity index (χ4v) is 2.26. The number of Topliss-reactive ketones (excluding diaryl/α,β-unsaturated/α-hetero) is 2. The highest BCUT2D eigenvalue weighted by atomic mass is 19.1. The minimum atomic E-state index is -1.09. The summed E-state index contributed by atoms with van der Waals surface area (Å²) < 4.78 is 12.8. The van der Waals surface area contributed by atoms with E-state index in [9.17, 15) is 18.8 Å². The minimum Gasteiger partial charge on any atom is -0.465 e. The number of hydrogen-bond donors (Lipinski definition) is 1. The standard InChI is InChI=1S/C14H14FNO4/c15-10-3-1-9(2-4-10)13(18)11-5-7-16(14(19)20)8-6-12(11)17/h1-4,11H,5-8H2,(H,19,20). The van der Waals surface area contributed by atoms with Crippen LogP contribution in [0.3, 0.4) is 0 Å². The molecule has 0 spiro atoms. The summed E-state index contributed by atoms with van der Waals surface area (Å²) in [5.41, 5.74) is 0.272. The lowest BCUT2D eigenvalue weighted by molar-refractivity contribution is -0.121. The molecule has 0 aliphatic carbocycles. The molecule has 1 atom stereocenters. The molecule has 0 saturated carbocycles. The summed E-state index contributed by atoms with van der Waals surface area (Å²) in [5, 5.41) is 8.91. The van der Waals surface area contributed by atoms with Gasteiger partial charge in [-0.05, 0) is 30.7 Å². The van der Waals surface area contributed by atoms with Gasteiger partial charge in [0, 0.05) is 25.1 Å². The Morgan fingerprint density at radius 2 is 1.85 bits per heavy atom. The van der Waals surface area contributed by atoms with Gasteiger partial charge in [-0.25, -0.2) is 9.18 Å². The smallest absolute Gasteiger partial charge is 0.407 e. The Bertz CT molecular complexity index is 541. The highest BCUT2D eigenvalue weighted by Crippen LogP contribution is 2.20. The Morgan fingerprint density at radius 3 is 2.45 bits per heavy atom. The summed E-state index contributed by atoms with van der Waals surface area (Å²) in [5.74, 6) is -1.93. The van der Waals surface area contributed by atoms with E-state index in [2.05, 4.69) is 0 Å². The fourth-order valence-electron chi connectivity index (χ4n) is 2.26. The second kappa shape index (κ2) is 5.81. The molecule has 6 heteroatoms. The molecule has 1 amide bonds. The van der Waals surface area contributed by atoms with Crippen LogP contribution in [0.15, 0.2) is 24.3 Å². The molecule has 1 saturated heterocycles. The van der Waals surface area contributed by atoms with Crippen molar-refractivity contribution in [1.29, 1.82) is 0 Å². The average Bonchev–Trinajstić information content (AvgIpc) is 2.61. The van der Waals surface area contributed by atoms with E-state index in [4.69, 9.17) is 5.11 Å². The Hall–Kier alpha value is -2.24. The number of nitrogens with zero attached hydrogens (tertiary/aromatic N) is 1. The van der Waals surface area contributed by atoms with E-state index in [1.165, 1.54) is 12.1 Å². The van der Waals surface area contributed by atoms with Crippen molar-refractivity contribution in [2.45, 2.75) is 12.8 Å². The Morgan fingerprint density at radius 1 is 1.20 bits per heavy atom. The molecule has 5 nitrogen and oxygen atoms in total. The van der Waals surface area contributed by atoms with Gasteiger partial charge in [-0.2, -0.15) is 0 Å². The predicted octanol–water partition coefficient (Wildman–Crippen LogP) is 1.97. The molecule has 1 N–H and O–H groups in total. The summed E-state index contributed by atoms with van der Waals surface area (Å²) in [6.45, 7) is 0.264. The number of halogens is 1. The number of carbonyl (C=O) groups is 3. The van der Waals surface area contributed by atoms with Crippen molar-refractivity contribution in [3.63, 3.8) is 0 Å². The van der Waals surface area contributed by atoms with E-state index in [0.717, 1.165) is 17.0 Å². The van der Waals surface area contributed by atoms with Crippen molar-refractivity contribution in [3.05, 3.63) is 35.6 Å². The summed E-state index contributed by atoms with van der Waals surface area (Å²) in [6.07, 6.45) is -0.890. The largest absolute Gasteiger partial charge is 0.465 e. The van der Waals surface area contributed by atoms with Gasteiger partial charge in [-0.15, -0.1) is 0 Å². The Labute approximate surface area is 115 Å². The molecular weight excluding hydrogens is 265 g/mol. The minimum absolute atomic E-state index is 0.0316. The molecule has 0 bridgehead atoms. The van der Waals surface area contributed by atoms with Crippen LogP contribution in [-0.2, 0) is 4.79 Å². The van der Waals surface area contributed by atoms with Crippen LogP contribution >= 0.6 is 0 Å². The summed E-state index contributed by atoms with van der Waals surface area (Å²) >= 11 is 0. The van der Waals surface area contributed by atoms with Gasteiger partial charge in [-0.3, -0.25) is 9.59 Å². The number of amides is 1. The Kier molecular flexibility index (Phi) is 4.12. The molecule has 1 unspecified atom stereocenters. The first kappa shape index (κ1) is 14.2. The van der Waals surface area contributed by atoms with Gasteiger partial charge < -0.3 is 10.0 Å². The van der Waals surface area contributed by atoms with Gasteiger partial charge in [0.05, 0.1) is 5.92 Å². The van der Waals surface area contributed by atoms with Crippen molar-refractivity contribution >= 4 is 17.7 Å². The van der Waals surface area contributed by atoms with E-state index in [0.29, 0.717) is 0 Å². The van der Waals surface area contributed by atoms with Crippen LogP contribution in [0.4, 0.5) is 9.18 Å². The average molecular weight is 279 g/mol. The molecule has 1 fully saturated rings. The first-order chi connectivity index (χ1) is 9.49. The van der Waals surface area contributed by atoms with Gasteiger partial charge in [-0.1, -0.05) is 0 Å². The van der Waals surface area contributed by atoms with Crippen LogP contribution in [0, 0.1) is 11.7 Å². The number of benzene rings is 1. The van der Waals surface area contributed by atoms with E-state index in [1.807, 2.05) is 0 Å². The molecule has 20 heavy (non-hydrogen) atoms. The summed E-state index contributed by atoms with van der Waals surface area (Å²) in [4.78, 5) is 36.2. The zero-order valence-electron chi connectivity index (χ0n) is 10.7. The maximum absolute atomic E-state index is 12.8. The van der Waals surface area contributed by atoms with Crippen molar-refractivity contribution in [2.24, 2.45) is 5.92 Å². The van der Waals surface area contributed by atoms with Gasteiger partial charge in [0.2, 0.25) is 0 Å². The molecule has 106 valence electrons. The van der Waals surface area contributed by atoms with Crippen LogP contribution in [0.5, 0.6) is 0 Å². The van der Waals surface area contributed by atoms with Crippen molar-refractivity contribution < 1.29 is 23.9 Å². The third kappa shape index (κ3) is 3.01. The first-order valence-electron chi connectivity index (χ1n) is 6.29. The number of carboxylic acid groups (broad SMARTS) is 1. The fraction of sp³-hybridized carbons (Fsp3) is 0.357. The topological polar surface area (TPSA) is 74.7 Å². The molecule has 1 aliphatic rings. The van der Waals surface area contributed by atoms with Crippen molar-refractivity contribution in [2.75, 3.05) is 13.1 Å². The quantitative estimate of drug-likeness (QED) is 0.663. The second-order valence-electron chi connectivity index (χ2n) is 4.70. The van der Waals surface area contributed by atoms with Crippen LogP contribution in [0.1, 0.15) is 23.2 Å². The zero-order chi connectivity index (χ0) is 14.7. The second-order valence-corrected chi connectivity index (χ2v) is 4.70. The maximum Gasteiger partial charge on any atom is 0.407 e. The van der Waals surface area contributed by atoms with Crippen LogP contribution in [0.25, 0.3) is 0 Å². The summed E-state index contributed by atoms with van der Waals surface area (Å²) in [7, 11) is 0. The molecule has 0 aromatic heterocycles. The monoisotopic (exact) mass is 279 g/mol. The Balaban J connectivity index is 2.14. The van der Waals surface area contributed by atoms with Gasteiger partial charge in [0.1, 0.15) is 11.6 Å². The highest BCUT2D eigenvalue weighted by Gasteiger charge is 2.31. The molecule has 1 aromatic rings. The number of rotatable bonds is 2. The first-order valence-corrected chi connectivity index (χ1v) is 6.29. The SMILES string of the molecule is O=C1CCN(C(=O)O)CCC1C(=O)c1ccc(F)cc1. The van der Waals surface area contributed by atoms with E-state index in [1.54, 1.807) is 0 Å². The normalized spacial score (nSPS) is 19.6. The number of carbonyl (C=O) groups excluding carboxylic acids is 2. The summed E-state index contributed by atoms with van der Waals surface area (Å²) in [6, 6.07) is 5.01. The van der Waals surface area contributed by atoms with Crippen LogP contribution < -0.4 is 0 Å². The lowest BCUT2D eigenvalue weighted by Crippen LogP contribution is -2.30. The molecule has 0 radical (unpaired) electrons. The maximum atomic E-state index is 12.8. The highest BCUT2D eigenvalue weighted by molar-refractivity contribution is 6.10. The molecule has 2 rings (SSSR count). The van der Waals surface area contributed by atoms with Crippen LogP contribution in [-0.4, -0.2) is 40.8 Å². The molecule has 1 aromatic carbocycles. The molecule has 1 heterocycles. The van der Waals surface area contributed by atoms with E-state index in [-0.39, 0.29) is 43.1 Å². The van der Waals surface area contributed by atoms with Gasteiger partial charge in [0.25, 0.3) is 0 Å². The van der Waals surface area contributed by atoms with E-state index < -0.39 is 17.8 Å². The van der Waals surface area contributed by atoms with Gasteiger partial charge >= 0.3 is 6.09 Å².